The number of piperidine rings is 3. The van der Waals surface area contributed by atoms with Crippen LogP contribution in [0.5, 0.6) is 0 Å². The van der Waals surface area contributed by atoms with E-state index in [1.807, 2.05) is 0 Å². The molecule has 3 saturated heterocycles. The molecule has 3 aliphatic rings. The second-order valence-corrected chi connectivity index (χ2v) is 4.89. The summed E-state index contributed by atoms with van der Waals surface area (Å²) < 4.78 is 0. The van der Waals surface area contributed by atoms with Crippen molar-refractivity contribution in [2.45, 2.75) is 58.0 Å². The molecule has 2 bridgehead atoms. The Morgan fingerprint density at radius 3 is 2.57 bits per heavy atom. The quantitative estimate of drug-likeness (QED) is 0.673. The van der Waals surface area contributed by atoms with Gasteiger partial charge in [-0.1, -0.05) is 13.8 Å². The molecule has 0 saturated carbocycles. The van der Waals surface area contributed by atoms with Crippen LogP contribution in [0.4, 0.5) is 0 Å². The van der Waals surface area contributed by atoms with Crippen LogP contribution in [0, 0.1) is 5.92 Å². The first kappa shape index (κ1) is 10.2. The van der Waals surface area contributed by atoms with Crippen LogP contribution < -0.4 is 0 Å². The summed E-state index contributed by atoms with van der Waals surface area (Å²) >= 11 is 0. The molecule has 3 heterocycles. The van der Waals surface area contributed by atoms with E-state index in [0.717, 1.165) is 19.4 Å². The van der Waals surface area contributed by atoms with E-state index in [0.29, 0.717) is 17.2 Å². The first-order valence-electron chi connectivity index (χ1n) is 5.95. The topological polar surface area (TPSA) is 20.3 Å². The van der Waals surface area contributed by atoms with Gasteiger partial charge in [0, 0.05) is 18.0 Å². The number of hydrogen-bond acceptors (Lipinski definition) is 2. The Labute approximate surface area is 86.7 Å². The third kappa shape index (κ3) is 1.16. The van der Waals surface area contributed by atoms with Crippen LogP contribution >= 0.6 is 0 Å². The van der Waals surface area contributed by atoms with Crippen LogP contribution in [0.25, 0.3) is 0 Å². The molecule has 3 unspecified atom stereocenters. The van der Waals surface area contributed by atoms with E-state index in [1.54, 1.807) is 0 Å². The summed E-state index contributed by atoms with van der Waals surface area (Å²) in [5.41, 5.74) is 0.343. The van der Waals surface area contributed by atoms with Crippen molar-refractivity contribution in [2.75, 3.05) is 6.54 Å². The Hall–Kier alpha value is -0.370. The molecule has 2 heteroatoms. The highest BCUT2D eigenvalue weighted by Gasteiger charge is 2.50. The Balaban J connectivity index is 2.29. The number of ketones is 1. The fourth-order valence-corrected chi connectivity index (χ4v) is 3.50. The average molecular weight is 195 g/mol. The van der Waals surface area contributed by atoms with Crippen molar-refractivity contribution in [2.24, 2.45) is 5.92 Å². The fourth-order valence-electron chi connectivity index (χ4n) is 3.50. The molecule has 14 heavy (non-hydrogen) atoms. The van der Waals surface area contributed by atoms with Gasteiger partial charge in [0.15, 0.2) is 5.78 Å². The van der Waals surface area contributed by atoms with Gasteiger partial charge in [-0.2, -0.15) is 0 Å². The molecule has 2 nitrogen and oxygen atoms in total. The van der Waals surface area contributed by atoms with Gasteiger partial charge in [-0.05, 0) is 32.6 Å². The average Bonchev–Trinajstić information content (AvgIpc) is 2.24. The molecule has 3 atom stereocenters. The summed E-state index contributed by atoms with van der Waals surface area (Å²) in [5.74, 6) is 0.865. The standard InChI is InChI=1S/C12H21NO/c1-4-12(5-2)8-10-6-7-13(12)9(3)11(10)14/h9-10H,4-8H2,1-3H3. The van der Waals surface area contributed by atoms with Crippen molar-refractivity contribution in [3.63, 3.8) is 0 Å². The van der Waals surface area contributed by atoms with Gasteiger partial charge < -0.3 is 0 Å². The van der Waals surface area contributed by atoms with E-state index in [4.69, 9.17) is 0 Å². The lowest BCUT2D eigenvalue weighted by atomic mass is 9.69. The van der Waals surface area contributed by atoms with Gasteiger partial charge >= 0.3 is 0 Å². The molecule has 0 aromatic carbocycles. The van der Waals surface area contributed by atoms with Gasteiger partial charge in [0.25, 0.3) is 0 Å². The smallest absolute Gasteiger partial charge is 0.152 e. The molecule has 3 aliphatic heterocycles. The summed E-state index contributed by atoms with van der Waals surface area (Å²) in [6.07, 6.45) is 4.60. The first-order chi connectivity index (χ1) is 6.64. The predicted molar refractivity (Wildman–Crippen MR) is 57.2 cm³/mol. The largest absolute Gasteiger partial charge is 0.298 e. The van der Waals surface area contributed by atoms with Crippen molar-refractivity contribution < 1.29 is 4.79 Å². The number of fused-ring (bicyclic) bond motifs is 3. The number of carbonyl (C=O) groups excluding carboxylic acids is 1. The van der Waals surface area contributed by atoms with Crippen LogP contribution in [-0.4, -0.2) is 28.8 Å². The molecule has 0 radical (unpaired) electrons. The normalized spacial score (nSPS) is 40.2. The highest BCUT2D eigenvalue weighted by molar-refractivity contribution is 5.87. The van der Waals surface area contributed by atoms with Crippen LogP contribution in [0.1, 0.15) is 46.5 Å². The molecule has 80 valence electrons. The summed E-state index contributed by atoms with van der Waals surface area (Å²) in [4.78, 5) is 14.3. The van der Waals surface area contributed by atoms with E-state index in [1.165, 1.54) is 12.8 Å². The van der Waals surface area contributed by atoms with E-state index in [9.17, 15) is 4.79 Å². The van der Waals surface area contributed by atoms with Crippen molar-refractivity contribution in [3.8, 4) is 0 Å². The third-order valence-corrected chi connectivity index (χ3v) is 4.55. The maximum atomic E-state index is 11.9. The van der Waals surface area contributed by atoms with Gasteiger partial charge in [0.2, 0.25) is 0 Å². The zero-order chi connectivity index (χ0) is 10.3. The summed E-state index contributed by atoms with van der Waals surface area (Å²) in [6.45, 7) is 7.76. The predicted octanol–water partition coefficient (Wildman–Crippen LogP) is 2.23. The summed E-state index contributed by atoms with van der Waals surface area (Å²) in [5, 5.41) is 0. The maximum absolute atomic E-state index is 11.9. The molecular weight excluding hydrogens is 174 g/mol. The van der Waals surface area contributed by atoms with E-state index >= 15 is 0 Å². The Morgan fingerprint density at radius 2 is 2.07 bits per heavy atom. The number of carbonyl (C=O) groups is 1. The third-order valence-electron chi connectivity index (χ3n) is 4.55. The molecule has 0 aliphatic carbocycles. The molecule has 0 amide bonds. The second-order valence-electron chi connectivity index (χ2n) is 4.89. The first-order valence-corrected chi connectivity index (χ1v) is 5.95. The lowest BCUT2D eigenvalue weighted by molar-refractivity contribution is -0.148. The minimum absolute atomic E-state index is 0.183. The summed E-state index contributed by atoms with van der Waals surface area (Å²) in [6, 6.07) is 0.183. The highest BCUT2D eigenvalue weighted by atomic mass is 16.1. The zero-order valence-corrected chi connectivity index (χ0v) is 9.55. The number of Topliss-reactive ketones (excluding diaryl/α,β-unsaturated/α-hetero) is 1. The Morgan fingerprint density at radius 1 is 1.43 bits per heavy atom. The van der Waals surface area contributed by atoms with Crippen molar-refractivity contribution in [1.29, 1.82) is 0 Å². The number of rotatable bonds is 2. The lowest BCUT2D eigenvalue weighted by Gasteiger charge is -2.56. The molecular formula is C12H21NO. The second kappa shape index (κ2) is 3.34. The van der Waals surface area contributed by atoms with Gasteiger partial charge in [-0.3, -0.25) is 9.69 Å². The fraction of sp³-hybridized carbons (Fsp3) is 0.917. The Bertz CT molecular complexity index is 241. The van der Waals surface area contributed by atoms with E-state index < -0.39 is 0 Å². The maximum Gasteiger partial charge on any atom is 0.152 e. The van der Waals surface area contributed by atoms with Crippen molar-refractivity contribution >= 4 is 5.78 Å². The van der Waals surface area contributed by atoms with Gasteiger partial charge in [-0.25, -0.2) is 0 Å². The minimum atomic E-state index is 0.183. The van der Waals surface area contributed by atoms with Gasteiger partial charge in [0.05, 0.1) is 6.04 Å². The number of nitrogens with zero attached hydrogens (tertiary/aromatic N) is 1. The summed E-state index contributed by atoms with van der Waals surface area (Å²) in [7, 11) is 0. The van der Waals surface area contributed by atoms with Gasteiger partial charge in [-0.15, -0.1) is 0 Å². The molecule has 0 aromatic heterocycles. The Kier molecular flexibility index (Phi) is 2.42. The number of hydrogen-bond donors (Lipinski definition) is 0. The molecule has 0 N–H and O–H groups in total. The van der Waals surface area contributed by atoms with Crippen molar-refractivity contribution in [3.05, 3.63) is 0 Å². The minimum Gasteiger partial charge on any atom is -0.298 e. The molecule has 0 spiro atoms. The van der Waals surface area contributed by atoms with Crippen LogP contribution in [0.15, 0.2) is 0 Å². The van der Waals surface area contributed by atoms with Crippen molar-refractivity contribution in [1.82, 2.24) is 4.90 Å². The van der Waals surface area contributed by atoms with Crippen LogP contribution in [-0.2, 0) is 4.79 Å². The lowest BCUT2D eigenvalue weighted by Crippen LogP contribution is -2.65. The molecule has 0 aromatic rings. The monoisotopic (exact) mass is 195 g/mol. The van der Waals surface area contributed by atoms with E-state index in [2.05, 4.69) is 25.7 Å². The SMILES string of the molecule is CCC1(CC)CC2CCN1C(C)C2=O. The zero-order valence-electron chi connectivity index (χ0n) is 9.55. The molecule has 3 fully saturated rings. The van der Waals surface area contributed by atoms with Gasteiger partial charge in [0.1, 0.15) is 0 Å². The highest BCUT2D eigenvalue weighted by Crippen LogP contribution is 2.43. The van der Waals surface area contributed by atoms with Crippen LogP contribution in [0.2, 0.25) is 0 Å². The molecule has 3 rings (SSSR count). The van der Waals surface area contributed by atoms with Crippen LogP contribution in [0.3, 0.4) is 0 Å². The van der Waals surface area contributed by atoms with E-state index in [-0.39, 0.29) is 6.04 Å².